The van der Waals surface area contributed by atoms with Crippen LogP contribution in [0.4, 0.5) is 0 Å². The molecule has 1 rings (SSSR count). The van der Waals surface area contributed by atoms with Gasteiger partial charge in [0.1, 0.15) is 5.54 Å². The van der Waals surface area contributed by atoms with Crippen LogP contribution in [0.25, 0.3) is 0 Å². The average molecular weight is 258 g/mol. The lowest BCUT2D eigenvalue weighted by Gasteiger charge is -2.37. The first-order valence-electron chi connectivity index (χ1n) is 6.73. The molecular formula is C13H26N2O3. The largest absolute Gasteiger partial charge is 0.480 e. The number of nitrogens with one attached hydrogen (secondary N) is 1. The lowest BCUT2D eigenvalue weighted by Crippen LogP contribution is -2.53. The fourth-order valence-electron chi connectivity index (χ4n) is 2.51. The van der Waals surface area contributed by atoms with Crippen LogP contribution in [0.15, 0.2) is 0 Å². The minimum Gasteiger partial charge on any atom is -0.480 e. The van der Waals surface area contributed by atoms with Crippen LogP contribution in [0.3, 0.4) is 0 Å². The number of aliphatic carboxylic acids is 1. The Hall–Kier alpha value is -0.650. The monoisotopic (exact) mass is 258 g/mol. The Labute approximate surface area is 109 Å². The topological polar surface area (TPSA) is 61.8 Å². The van der Waals surface area contributed by atoms with Gasteiger partial charge in [0.2, 0.25) is 0 Å². The summed E-state index contributed by atoms with van der Waals surface area (Å²) in [5.74, 6) is -0.779. The summed E-state index contributed by atoms with van der Waals surface area (Å²) in [6.07, 6.45) is 1.06. The van der Waals surface area contributed by atoms with Crippen molar-refractivity contribution < 1.29 is 14.6 Å². The molecule has 5 heteroatoms. The number of morpholine rings is 1. The fourth-order valence-corrected chi connectivity index (χ4v) is 2.51. The molecule has 1 aliphatic heterocycles. The third-order valence-corrected chi connectivity index (χ3v) is 3.46. The molecule has 0 spiro atoms. The molecule has 0 aromatic carbocycles. The van der Waals surface area contributed by atoms with Gasteiger partial charge in [0.05, 0.1) is 12.2 Å². The molecule has 1 heterocycles. The van der Waals surface area contributed by atoms with Crippen LogP contribution in [0.1, 0.15) is 34.1 Å². The summed E-state index contributed by atoms with van der Waals surface area (Å²) < 4.78 is 5.67. The van der Waals surface area contributed by atoms with Gasteiger partial charge < -0.3 is 15.2 Å². The Kier molecular flexibility index (Phi) is 5.56. The molecule has 5 nitrogen and oxygen atoms in total. The second-order valence-corrected chi connectivity index (χ2v) is 5.43. The number of likely N-dealkylation sites (N-methyl/N-ethyl adjacent to an activating group) is 1. The smallest absolute Gasteiger partial charge is 0.323 e. The number of rotatable bonds is 6. The van der Waals surface area contributed by atoms with E-state index in [0.717, 1.165) is 19.6 Å². The highest BCUT2D eigenvalue weighted by molar-refractivity contribution is 5.78. The molecule has 18 heavy (non-hydrogen) atoms. The van der Waals surface area contributed by atoms with E-state index in [1.165, 1.54) is 0 Å². The molecule has 0 aromatic heterocycles. The second kappa shape index (κ2) is 6.50. The van der Waals surface area contributed by atoms with Crippen molar-refractivity contribution in [3.63, 3.8) is 0 Å². The zero-order valence-electron chi connectivity index (χ0n) is 11.9. The third-order valence-electron chi connectivity index (χ3n) is 3.46. The van der Waals surface area contributed by atoms with Gasteiger partial charge in [-0.2, -0.15) is 0 Å². The molecule has 0 amide bonds. The van der Waals surface area contributed by atoms with Crippen molar-refractivity contribution >= 4 is 5.97 Å². The van der Waals surface area contributed by atoms with E-state index in [0.29, 0.717) is 13.0 Å². The van der Waals surface area contributed by atoms with Crippen molar-refractivity contribution in [2.75, 3.05) is 26.2 Å². The standard InChI is InChI=1S/C13H26N2O3/c1-5-14-13(4,12(16)17)6-7-15-8-10(2)18-11(3)9-15/h10-11,14H,5-9H2,1-4H3,(H,16,17)/t10-,11+,13?. The summed E-state index contributed by atoms with van der Waals surface area (Å²) in [5.41, 5.74) is -0.834. The van der Waals surface area contributed by atoms with Gasteiger partial charge in [-0.15, -0.1) is 0 Å². The first-order valence-corrected chi connectivity index (χ1v) is 6.73. The van der Waals surface area contributed by atoms with Crippen LogP contribution < -0.4 is 5.32 Å². The molecule has 0 bridgehead atoms. The molecule has 3 atom stereocenters. The first-order chi connectivity index (χ1) is 8.37. The SMILES string of the molecule is CCNC(C)(CCN1C[C@@H](C)O[C@@H](C)C1)C(=O)O. The van der Waals surface area contributed by atoms with Gasteiger partial charge in [0.25, 0.3) is 0 Å². The molecule has 1 unspecified atom stereocenters. The van der Waals surface area contributed by atoms with Crippen molar-refractivity contribution in [2.24, 2.45) is 0 Å². The Morgan fingerprint density at radius 1 is 1.44 bits per heavy atom. The highest BCUT2D eigenvalue weighted by Gasteiger charge is 2.33. The molecule has 1 aliphatic rings. The van der Waals surface area contributed by atoms with E-state index in [9.17, 15) is 9.90 Å². The molecule has 1 fully saturated rings. The molecule has 0 saturated carbocycles. The van der Waals surface area contributed by atoms with Gasteiger partial charge in [-0.25, -0.2) is 0 Å². The fraction of sp³-hybridized carbons (Fsp3) is 0.923. The zero-order chi connectivity index (χ0) is 13.8. The van der Waals surface area contributed by atoms with Gasteiger partial charge in [-0.05, 0) is 33.7 Å². The summed E-state index contributed by atoms with van der Waals surface area (Å²) in [4.78, 5) is 13.6. The zero-order valence-corrected chi connectivity index (χ0v) is 11.9. The third kappa shape index (κ3) is 4.23. The number of carboxylic acids is 1. The van der Waals surface area contributed by atoms with E-state index < -0.39 is 11.5 Å². The first kappa shape index (κ1) is 15.4. The predicted octanol–water partition coefficient (Wildman–Crippen LogP) is 0.939. The number of carbonyl (C=O) groups is 1. The maximum atomic E-state index is 11.3. The van der Waals surface area contributed by atoms with Crippen molar-refractivity contribution in [3.05, 3.63) is 0 Å². The number of hydrogen-bond acceptors (Lipinski definition) is 4. The van der Waals surface area contributed by atoms with Crippen LogP contribution in [-0.2, 0) is 9.53 Å². The van der Waals surface area contributed by atoms with Gasteiger partial charge in [-0.3, -0.25) is 9.69 Å². The van der Waals surface area contributed by atoms with Crippen molar-refractivity contribution in [2.45, 2.75) is 51.9 Å². The van der Waals surface area contributed by atoms with E-state index in [4.69, 9.17) is 4.74 Å². The van der Waals surface area contributed by atoms with Gasteiger partial charge in [0, 0.05) is 19.6 Å². The maximum Gasteiger partial charge on any atom is 0.323 e. The Morgan fingerprint density at radius 2 is 2.00 bits per heavy atom. The normalized spacial score (nSPS) is 28.9. The number of carboxylic acid groups (broad SMARTS) is 1. The summed E-state index contributed by atoms with van der Waals surface area (Å²) in [6, 6.07) is 0. The average Bonchev–Trinajstić information content (AvgIpc) is 2.25. The number of ether oxygens (including phenoxy) is 1. The molecule has 0 aliphatic carbocycles. The van der Waals surface area contributed by atoms with E-state index in [-0.39, 0.29) is 12.2 Å². The van der Waals surface area contributed by atoms with Gasteiger partial charge in [-0.1, -0.05) is 6.92 Å². The van der Waals surface area contributed by atoms with Crippen LogP contribution in [0.5, 0.6) is 0 Å². The minimum absolute atomic E-state index is 0.226. The highest BCUT2D eigenvalue weighted by atomic mass is 16.5. The molecule has 1 saturated heterocycles. The van der Waals surface area contributed by atoms with Gasteiger partial charge >= 0.3 is 5.97 Å². The van der Waals surface area contributed by atoms with E-state index in [1.54, 1.807) is 6.92 Å². The summed E-state index contributed by atoms with van der Waals surface area (Å²) >= 11 is 0. The Bertz CT molecular complexity index is 275. The molecule has 2 N–H and O–H groups in total. The van der Waals surface area contributed by atoms with Crippen LogP contribution in [-0.4, -0.2) is 59.9 Å². The second-order valence-electron chi connectivity index (χ2n) is 5.43. The summed E-state index contributed by atoms with van der Waals surface area (Å²) in [6.45, 7) is 11.0. The molecule has 106 valence electrons. The number of nitrogens with zero attached hydrogens (tertiary/aromatic N) is 1. The van der Waals surface area contributed by atoms with Crippen molar-refractivity contribution in [1.82, 2.24) is 10.2 Å². The van der Waals surface area contributed by atoms with Crippen LogP contribution in [0, 0.1) is 0 Å². The minimum atomic E-state index is -0.834. The predicted molar refractivity (Wildman–Crippen MR) is 70.8 cm³/mol. The van der Waals surface area contributed by atoms with Crippen LogP contribution in [0.2, 0.25) is 0 Å². The highest BCUT2D eigenvalue weighted by Crippen LogP contribution is 2.15. The van der Waals surface area contributed by atoms with Crippen molar-refractivity contribution in [3.8, 4) is 0 Å². The quantitative estimate of drug-likeness (QED) is 0.742. The summed E-state index contributed by atoms with van der Waals surface area (Å²) in [7, 11) is 0. The molecule has 0 radical (unpaired) electrons. The van der Waals surface area contributed by atoms with Gasteiger partial charge in [0.15, 0.2) is 0 Å². The van der Waals surface area contributed by atoms with Crippen LogP contribution >= 0.6 is 0 Å². The van der Waals surface area contributed by atoms with E-state index in [2.05, 4.69) is 24.1 Å². The molecule has 0 aromatic rings. The Balaban J connectivity index is 2.49. The lowest BCUT2D eigenvalue weighted by molar-refractivity contribution is -0.144. The number of hydrogen-bond donors (Lipinski definition) is 2. The van der Waals surface area contributed by atoms with E-state index >= 15 is 0 Å². The molecular weight excluding hydrogens is 232 g/mol. The van der Waals surface area contributed by atoms with Crippen molar-refractivity contribution in [1.29, 1.82) is 0 Å². The Morgan fingerprint density at radius 3 is 2.44 bits per heavy atom. The lowest BCUT2D eigenvalue weighted by atomic mass is 9.97. The van der Waals surface area contributed by atoms with E-state index in [1.807, 2.05) is 6.92 Å². The maximum absolute atomic E-state index is 11.3. The summed E-state index contributed by atoms with van der Waals surface area (Å²) in [5, 5.41) is 12.4.